The maximum atomic E-state index is 12.6. The van der Waals surface area contributed by atoms with E-state index in [9.17, 15) is 44.3 Å². The summed E-state index contributed by atoms with van der Waals surface area (Å²) in [6.07, 6.45) is -17.6. The molecule has 0 fully saturated rings. The molecular weight excluding hydrogens is 375 g/mol. The van der Waals surface area contributed by atoms with Crippen molar-refractivity contribution in [3.05, 3.63) is 6.61 Å². The second-order valence-corrected chi connectivity index (χ2v) is 4.62. The first kappa shape index (κ1) is 23.2. The zero-order valence-corrected chi connectivity index (χ0v) is 12.3. The minimum atomic E-state index is -4.85. The van der Waals surface area contributed by atoms with E-state index >= 15 is 0 Å². The molecule has 0 heterocycles. The van der Waals surface area contributed by atoms with Crippen molar-refractivity contribution in [2.45, 2.75) is 44.2 Å². The van der Waals surface area contributed by atoms with Crippen LogP contribution in [0.25, 0.3) is 0 Å². The third-order valence-electron chi connectivity index (χ3n) is 2.38. The Hall–Kier alpha value is -1.80. The SMILES string of the molecule is O=C(CC(F)(F)F)O[CH]CC(CC#COCCC(F)(F)F)C(F)(F)F. The molecule has 1 unspecified atom stereocenters. The van der Waals surface area contributed by atoms with Gasteiger partial charge in [0.15, 0.2) is 0 Å². The van der Waals surface area contributed by atoms with E-state index in [1.54, 1.807) is 6.11 Å². The second-order valence-electron chi connectivity index (χ2n) is 4.62. The lowest BCUT2D eigenvalue weighted by atomic mass is 10.0. The number of ether oxygens (including phenoxy) is 2. The quantitative estimate of drug-likeness (QED) is 0.279. The largest absolute Gasteiger partial charge is 0.458 e. The maximum absolute atomic E-state index is 12.6. The molecule has 0 saturated heterocycles. The summed E-state index contributed by atoms with van der Waals surface area (Å²) in [5.74, 6) is -2.10. The fourth-order valence-corrected chi connectivity index (χ4v) is 1.23. The van der Waals surface area contributed by atoms with Gasteiger partial charge in [-0.05, 0) is 0 Å². The number of esters is 1. The number of halogens is 9. The van der Waals surface area contributed by atoms with E-state index < -0.39 is 62.7 Å². The average Bonchev–Trinajstić information content (AvgIpc) is 2.35. The lowest BCUT2D eigenvalue weighted by Crippen LogP contribution is -2.24. The highest BCUT2D eigenvalue weighted by Gasteiger charge is 2.39. The van der Waals surface area contributed by atoms with Crippen molar-refractivity contribution in [1.29, 1.82) is 0 Å². The molecule has 145 valence electrons. The average molecular weight is 387 g/mol. The van der Waals surface area contributed by atoms with Crippen LogP contribution in [0.1, 0.15) is 25.7 Å². The first-order valence-corrected chi connectivity index (χ1v) is 6.52. The van der Waals surface area contributed by atoms with Crippen molar-refractivity contribution in [3.8, 4) is 12.0 Å². The highest BCUT2D eigenvalue weighted by molar-refractivity contribution is 5.70. The fourth-order valence-electron chi connectivity index (χ4n) is 1.23. The summed E-state index contributed by atoms with van der Waals surface area (Å²) >= 11 is 0. The number of rotatable bonds is 7. The van der Waals surface area contributed by atoms with Crippen LogP contribution in [0.5, 0.6) is 0 Å². The van der Waals surface area contributed by atoms with Crippen molar-refractivity contribution >= 4 is 5.97 Å². The van der Waals surface area contributed by atoms with Crippen molar-refractivity contribution in [3.63, 3.8) is 0 Å². The molecule has 1 atom stereocenters. The molecule has 0 aliphatic heterocycles. The highest BCUT2D eigenvalue weighted by Crippen LogP contribution is 2.32. The van der Waals surface area contributed by atoms with Crippen LogP contribution in [-0.4, -0.2) is 31.1 Å². The van der Waals surface area contributed by atoms with E-state index in [-0.39, 0.29) is 6.61 Å². The normalized spacial score (nSPS) is 13.6. The molecule has 0 bridgehead atoms. The summed E-state index contributed by atoms with van der Waals surface area (Å²) in [6.45, 7) is -0.577. The Bertz CT molecular complexity index is 468. The summed E-state index contributed by atoms with van der Waals surface area (Å²) in [5.41, 5.74) is 0. The summed E-state index contributed by atoms with van der Waals surface area (Å²) in [4.78, 5) is 10.7. The van der Waals surface area contributed by atoms with Crippen LogP contribution in [0.3, 0.4) is 0 Å². The van der Waals surface area contributed by atoms with Crippen LogP contribution < -0.4 is 0 Å². The van der Waals surface area contributed by atoms with Gasteiger partial charge in [-0.15, -0.1) is 0 Å². The predicted molar refractivity (Wildman–Crippen MR) is 64.2 cm³/mol. The van der Waals surface area contributed by atoms with Gasteiger partial charge in [-0.1, -0.05) is 5.92 Å². The van der Waals surface area contributed by atoms with Gasteiger partial charge in [0.25, 0.3) is 0 Å². The van der Waals surface area contributed by atoms with Crippen LogP contribution >= 0.6 is 0 Å². The van der Waals surface area contributed by atoms with Gasteiger partial charge in [0.05, 0.1) is 12.3 Å². The van der Waals surface area contributed by atoms with Gasteiger partial charge in [-0.3, -0.25) is 4.79 Å². The lowest BCUT2D eigenvalue weighted by molar-refractivity contribution is -0.180. The molecule has 0 aromatic heterocycles. The van der Waals surface area contributed by atoms with Crippen molar-refractivity contribution in [1.82, 2.24) is 0 Å². The Morgan fingerprint density at radius 2 is 1.60 bits per heavy atom. The van der Waals surface area contributed by atoms with Crippen LogP contribution in [-0.2, 0) is 14.3 Å². The molecule has 0 spiro atoms. The van der Waals surface area contributed by atoms with E-state index in [1.165, 1.54) is 0 Å². The molecule has 0 saturated carbocycles. The Labute approximate surface area is 136 Å². The zero-order chi connectivity index (χ0) is 19.7. The third-order valence-corrected chi connectivity index (χ3v) is 2.38. The number of carbonyl (C=O) groups excluding carboxylic acids is 1. The monoisotopic (exact) mass is 387 g/mol. The van der Waals surface area contributed by atoms with E-state index in [0.29, 0.717) is 0 Å². The first-order valence-electron chi connectivity index (χ1n) is 6.52. The van der Waals surface area contributed by atoms with E-state index in [0.717, 1.165) is 0 Å². The molecule has 0 aliphatic carbocycles. The molecule has 0 aromatic rings. The number of hydrogen-bond donors (Lipinski definition) is 0. The number of alkyl halides is 9. The zero-order valence-electron chi connectivity index (χ0n) is 12.3. The first-order chi connectivity index (χ1) is 11.2. The van der Waals surface area contributed by atoms with Crippen molar-refractivity contribution in [2.24, 2.45) is 5.92 Å². The van der Waals surface area contributed by atoms with Crippen LogP contribution in [0.2, 0.25) is 0 Å². The Morgan fingerprint density at radius 1 is 1.00 bits per heavy atom. The van der Waals surface area contributed by atoms with E-state index in [2.05, 4.69) is 9.47 Å². The molecule has 3 nitrogen and oxygen atoms in total. The third kappa shape index (κ3) is 14.3. The van der Waals surface area contributed by atoms with Crippen molar-refractivity contribution < 1.29 is 53.8 Å². The highest BCUT2D eigenvalue weighted by atomic mass is 19.4. The summed E-state index contributed by atoms with van der Waals surface area (Å²) in [7, 11) is 0. The minimum Gasteiger partial charge on any atom is -0.458 e. The predicted octanol–water partition coefficient (Wildman–Crippen LogP) is 4.53. The van der Waals surface area contributed by atoms with Gasteiger partial charge in [-0.25, -0.2) is 0 Å². The molecule has 0 aliphatic rings. The van der Waals surface area contributed by atoms with Crippen molar-refractivity contribution in [2.75, 3.05) is 6.61 Å². The summed E-state index contributed by atoms with van der Waals surface area (Å²) in [6, 6.07) is 0. The van der Waals surface area contributed by atoms with Crippen LogP contribution in [0.4, 0.5) is 39.5 Å². The van der Waals surface area contributed by atoms with Gasteiger partial charge < -0.3 is 9.47 Å². The summed E-state index contributed by atoms with van der Waals surface area (Å²) < 4.78 is 117. The molecule has 1 radical (unpaired) electrons. The Balaban J connectivity index is 4.30. The molecular formula is C13H12F9O3. The van der Waals surface area contributed by atoms with E-state index in [1.807, 2.05) is 5.92 Å². The molecule has 12 heteroatoms. The van der Waals surface area contributed by atoms with Gasteiger partial charge in [0.2, 0.25) is 0 Å². The molecule has 25 heavy (non-hydrogen) atoms. The topological polar surface area (TPSA) is 35.5 Å². The van der Waals surface area contributed by atoms with Gasteiger partial charge >= 0.3 is 24.5 Å². The van der Waals surface area contributed by atoms with Gasteiger partial charge in [0.1, 0.15) is 25.7 Å². The minimum absolute atomic E-state index is 0.276. The summed E-state index contributed by atoms with van der Waals surface area (Å²) in [5, 5.41) is 0. The number of hydrogen-bond acceptors (Lipinski definition) is 3. The fraction of sp³-hybridized carbons (Fsp3) is 0.692. The lowest BCUT2D eigenvalue weighted by Gasteiger charge is -2.17. The van der Waals surface area contributed by atoms with E-state index in [4.69, 9.17) is 0 Å². The Kier molecular flexibility index (Phi) is 8.93. The maximum Gasteiger partial charge on any atom is 0.399 e. The van der Waals surface area contributed by atoms with Gasteiger partial charge in [0, 0.05) is 12.8 Å². The van der Waals surface area contributed by atoms with Crippen LogP contribution in [0, 0.1) is 24.6 Å². The Morgan fingerprint density at radius 3 is 2.08 bits per heavy atom. The smallest absolute Gasteiger partial charge is 0.399 e. The molecule has 0 N–H and O–H groups in total. The molecule has 0 rings (SSSR count). The molecule has 0 aromatic carbocycles. The van der Waals surface area contributed by atoms with Crippen LogP contribution in [0.15, 0.2) is 0 Å². The van der Waals surface area contributed by atoms with Gasteiger partial charge in [-0.2, -0.15) is 39.5 Å². The standard InChI is InChI=1S/C13H12F9O3/c14-11(15,16)4-7-24-5-1-2-9(13(20,21)22)3-6-25-10(23)8-12(17,18)19/h6,9H,2-4,7-8H2. The number of carbonyl (C=O) groups is 1. The molecule has 0 amide bonds. The second kappa shape index (κ2) is 9.62.